The number of aromatic nitrogens is 1. The fourth-order valence-corrected chi connectivity index (χ4v) is 1.35. The summed E-state index contributed by atoms with van der Waals surface area (Å²) in [6.45, 7) is 5.95. The van der Waals surface area contributed by atoms with Crippen LogP contribution in [0, 0.1) is 5.92 Å². The third kappa shape index (κ3) is 4.06. The normalized spacial score (nSPS) is 10.7. The summed E-state index contributed by atoms with van der Waals surface area (Å²) < 4.78 is 5.04. The van der Waals surface area contributed by atoms with Crippen molar-refractivity contribution in [2.24, 2.45) is 5.92 Å². The van der Waals surface area contributed by atoms with E-state index in [1.54, 1.807) is 19.2 Å². The lowest BCUT2D eigenvalue weighted by Crippen LogP contribution is -2.19. The number of ether oxygens (including phenoxy) is 1. The molecule has 1 rings (SSSR count). The van der Waals surface area contributed by atoms with E-state index in [0.717, 1.165) is 12.2 Å². The van der Waals surface area contributed by atoms with Gasteiger partial charge in [0.25, 0.3) is 0 Å². The van der Waals surface area contributed by atoms with Crippen LogP contribution in [-0.4, -0.2) is 18.6 Å². The minimum atomic E-state index is 0.598. The molecule has 0 atom stereocenters. The number of nitrogens with one attached hydrogen (secondary N) is 1. The van der Waals surface area contributed by atoms with Crippen molar-refractivity contribution >= 4 is 11.6 Å². The van der Waals surface area contributed by atoms with Crippen LogP contribution in [0.3, 0.4) is 0 Å². The van der Waals surface area contributed by atoms with Crippen molar-refractivity contribution in [3.63, 3.8) is 0 Å². The van der Waals surface area contributed by atoms with E-state index in [2.05, 4.69) is 24.1 Å². The van der Waals surface area contributed by atoms with Gasteiger partial charge in [0.2, 0.25) is 5.88 Å². The molecule has 0 saturated heterocycles. The second-order valence-electron chi connectivity index (χ2n) is 3.81. The summed E-state index contributed by atoms with van der Waals surface area (Å²) in [5.41, 5.74) is 0.830. The van der Waals surface area contributed by atoms with Crippen molar-refractivity contribution in [1.82, 2.24) is 10.3 Å². The summed E-state index contributed by atoms with van der Waals surface area (Å²) in [5.74, 6) is 1.22. The smallest absolute Gasteiger partial charge is 0.213 e. The van der Waals surface area contributed by atoms with Crippen LogP contribution >= 0.6 is 11.6 Å². The van der Waals surface area contributed by atoms with Crippen molar-refractivity contribution in [3.8, 4) is 5.88 Å². The van der Waals surface area contributed by atoms with Gasteiger partial charge in [-0.15, -0.1) is 0 Å². The summed E-state index contributed by atoms with van der Waals surface area (Å²) in [7, 11) is 1.60. The van der Waals surface area contributed by atoms with Crippen LogP contribution in [0.5, 0.6) is 5.88 Å². The van der Waals surface area contributed by atoms with E-state index in [9.17, 15) is 0 Å². The summed E-state index contributed by atoms with van der Waals surface area (Å²) in [6.07, 6.45) is 0. The van der Waals surface area contributed by atoms with Crippen LogP contribution < -0.4 is 10.1 Å². The first-order chi connectivity index (χ1) is 7.13. The SMILES string of the molecule is COc1ccc(Cl)c(CNCC(C)C)n1. The largest absolute Gasteiger partial charge is 0.481 e. The fraction of sp³-hybridized carbons (Fsp3) is 0.545. The zero-order chi connectivity index (χ0) is 11.3. The highest BCUT2D eigenvalue weighted by Gasteiger charge is 2.04. The minimum absolute atomic E-state index is 0.598. The topological polar surface area (TPSA) is 34.1 Å². The van der Waals surface area contributed by atoms with Gasteiger partial charge in [0.1, 0.15) is 0 Å². The van der Waals surface area contributed by atoms with E-state index in [4.69, 9.17) is 16.3 Å². The number of methoxy groups -OCH3 is 1. The van der Waals surface area contributed by atoms with Crippen LogP contribution in [0.25, 0.3) is 0 Å². The average molecular weight is 229 g/mol. The third-order valence-corrected chi connectivity index (χ3v) is 2.29. The Balaban J connectivity index is 2.59. The molecule has 1 N–H and O–H groups in total. The van der Waals surface area contributed by atoms with Gasteiger partial charge in [0.05, 0.1) is 17.8 Å². The molecule has 0 unspecified atom stereocenters. The molecule has 0 fully saturated rings. The van der Waals surface area contributed by atoms with E-state index in [1.807, 2.05) is 0 Å². The molecule has 0 bridgehead atoms. The minimum Gasteiger partial charge on any atom is -0.481 e. The van der Waals surface area contributed by atoms with Gasteiger partial charge in [-0.2, -0.15) is 0 Å². The standard InChI is InChI=1S/C11H17ClN2O/c1-8(2)6-13-7-10-9(12)4-5-11(14-10)15-3/h4-5,8,13H,6-7H2,1-3H3. The van der Waals surface area contributed by atoms with Crippen molar-refractivity contribution in [3.05, 3.63) is 22.8 Å². The first-order valence-electron chi connectivity index (χ1n) is 5.03. The molecule has 84 valence electrons. The molecule has 0 aliphatic carbocycles. The van der Waals surface area contributed by atoms with Gasteiger partial charge >= 0.3 is 0 Å². The van der Waals surface area contributed by atoms with Gasteiger partial charge in [-0.1, -0.05) is 25.4 Å². The predicted octanol–water partition coefficient (Wildman–Crippen LogP) is 2.49. The van der Waals surface area contributed by atoms with Gasteiger partial charge < -0.3 is 10.1 Å². The predicted molar refractivity (Wildman–Crippen MR) is 62.3 cm³/mol. The van der Waals surface area contributed by atoms with Gasteiger partial charge in [0, 0.05) is 12.6 Å². The Bertz CT molecular complexity index is 315. The molecule has 0 aromatic carbocycles. The maximum atomic E-state index is 6.01. The second-order valence-corrected chi connectivity index (χ2v) is 4.21. The molecule has 0 amide bonds. The Labute approximate surface area is 95.8 Å². The molecule has 15 heavy (non-hydrogen) atoms. The molecular formula is C11H17ClN2O. The van der Waals surface area contributed by atoms with Crippen molar-refractivity contribution in [1.29, 1.82) is 0 Å². The van der Waals surface area contributed by atoms with Crippen molar-refractivity contribution in [2.45, 2.75) is 20.4 Å². The molecule has 0 spiro atoms. The highest BCUT2D eigenvalue weighted by Crippen LogP contribution is 2.17. The first kappa shape index (κ1) is 12.3. The van der Waals surface area contributed by atoms with Gasteiger partial charge in [-0.25, -0.2) is 4.98 Å². The number of hydrogen-bond donors (Lipinski definition) is 1. The molecule has 1 aromatic heterocycles. The monoisotopic (exact) mass is 228 g/mol. The van der Waals surface area contributed by atoms with Crippen LogP contribution in [0.15, 0.2) is 12.1 Å². The molecule has 1 aromatic rings. The molecule has 3 nitrogen and oxygen atoms in total. The van der Waals surface area contributed by atoms with Crippen molar-refractivity contribution in [2.75, 3.05) is 13.7 Å². The van der Waals surface area contributed by atoms with Crippen LogP contribution in [0.2, 0.25) is 5.02 Å². The van der Waals surface area contributed by atoms with E-state index in [-0.39, 0.29) is 0 Å². The molecule has 0 saturated carbocycles. The van der Waals surface area contributed by atoms with Gasteiger partial charge in [-0.05, 0) is 18.5 Å². The Morgan fingerprint density at radius 1 is 1.47 bits per heavy atom. The zero-order valence-electron chi connectivity index (χ0n) is 9.38. The molecular weight excluding hydrogens is 212 g/mol. The molecule has 1 heterocycles. The first-order valence-corrected chi connectivity index (χ1v) is 5.41. The van der Waals surface area contributed by atoms with Gasteiger partial charge in [0.15, 0.2) is 0 Å². The van der Waals surface area contributed by atoms with Gasteiger partial charge in [-0.3, -0.25) is 0 Å². The molecule has 4 heteroatoms. The highest BCUT2D eigenvalue weighted by molar-refractivity contribution is 6.31. The lowest BCUT2D eigenvalue weighted by atomic mass is 10.2. The lowest BCUT2D eigenvalue weighted by Gasteiger charge is -2.09. The highest BCUT2D eigenvalue weighted by atomic mass is 35.5. The Morgan fingerprint density at radius 2 is 2.20 bits per heavy atom. The summed E-state index contributed by atoms with van der Waals surface area (Å²) >= 11 is 6.01. The maximum Gasteiger partial charge on any atom is 0.213 e. The number of nitrogens with zero attached hydrogens (tertiary/aromatic N) is 1. The number of hydrogen-bond acceptors (Lipinski definition) is 3. The van der Waals surface area contributed by atoms with E-state index >= 15 is 0 Å². The second kappa shape index (κ2) is 5.93. The van der Waals surface area contributed by atoms with E-state index in [0.29, 0.717) is 23.4 Å². The third-order valence-electron chi connectivity index (χ3n) is 1.95. The Kier molecular flexibility index (Phi) is 4.85. The molecule has 0 radical (unpaired) electrons. The molecule has 0 aliphatic rings. The summed E-state index contributed by atoms with van der Waals surface area (Å²) in [6, 6.07) is 3.56. The van der Waals surface area contributed by atoms with Crippen LogP contribution in [0.1, 0.15) is 19.5 Å². The zero-order valence-corrected chi connectivity index (χ0v) is 10.1. The van der Waals surface area contributed by atoms with Crippen LogP contribution in [-0.2, 0) is 6.54 Å². The maximum absolute atomic E-state index is 6.01. The number of pyridine rings is 1. The lowest BCUT2D eigenvalue weighted by molar-refractivity contribution is 0.395. The number of halogens is 1. The Hall–Kier alpha value is -0.800. The van der Waals surface area contributed by atoms with E-state index in [1.165, 1.54) is 0 Å². The Morgan fingerprint density at radius 3 is 2.80 bits per heavy atom. The average Bonchev–Trinajstić information content (AvgIpc) is 2.20. The van der Waals surface area contributed by atoms with E-state index < -0.39 is 0 Å². The van der Waals surface area contributed by atoms with Crippen molar-refractivity contribution < 1.29 is 4.74 Å². The molecule has 0 aliphatic heterocycles. The number of rotatable bonds is 5. The fourth-order valence-electron chi connectivity index (χ4n) is 1.18. The summed E-state index contributed by atoms with van der Waals surface area (Å²) in [5, 5.41) is 3.96. The quantitative estimate of drug-likeness (QED) is 0.841. The van der Waals surface area contributed by atoms with Crippen LogP contribution in [0.4, 0.5) is 0 Å². The summed E-state index contributed by atoms with van der Waals surface area (Å²) in [4.78, 5) is 4.27.